The molecule has 0 bridgehead atoms. The largest absolute Gasteiger partial charge is 0.493 e. The van der Waals surface area contributed by atoms with Gasteiger partial charge in [0.05, 0.1) is 0 Å². The Balaban J connectivity index is 1.47. The molecule has 7 heteroatoms. The van der Waals surface area contributed by atoms with Crippen LogP contribution in [0.2, 0.25) is 0 Å². The minimum atomic E-state index is -0.709. The van der Waals surface area contributed by atoms with Crippen molar-refractivity contribution in [1.29, 1.82) is 0 Å². The quantitative estimate of drug-likeness (QED) is 0.591. The van der Waals surface area contributed by atoms with Gasteiger partial charge in [0.1, 0.15) is 31.8 Å². The topological polar surface area (TPSA) is 74.3 Å². The molecule has 7 nitrogen and oxygen atoms in total. The van der Waals surface area contributed by atoms with E-state index in [4.69, 9.17) is 18.9 Å². The zero-order chi connectivity index (χ0) is 21.2. The average molecular weight is 411 g/mol. The molecule has 0 aromatic heterocycles. The molecule has 2 aromatic rings. The van der Waals surface area contributed by atoms with Gasteiger partial charge >= 0.3 is 5.97 Å². The molecule has 0 radical (unpaired) electrons. The van der Waals surface area contributed by atoms with E-state index in [9.17, 15) is 9.59 Å². The van der Waals surface area contributed by atoms with E-state index in [2.05, 4.69) is 0 Å². The van der Waals surface area contributed by atoms with Crippen molar-refractivity contribution >= 4 is 11.9 Å². The molecule has 0 atom stereocenters. The Morgan fingerprint density at radius 1 is 1.00 bits per heavy atom. The summed E-state index contributed by atoms with van der Waals surface area (Å²) in [7, 11) is 0. The van der Waals surface area contributed by atoms with E-state index < -0.39 is 5.97 Å². The SMILES string of the molecule is CCN(Cc1ccc(OCc2ccccc2)cc1)C(=O)COC(=O)C1=COCCO1. The summed E-state index contributed by atoms with van der Waals surface area (Å²) in [6.45, 7) is 3.58. The van der Waals surface area contributed by atoms with Crippen molar-refractivity contribution in [3.05, 3.63) is 77.7 Å². The van der Waals surface area contributed by atoms with Crippen molar-refractivity contribution in [2.24, 2.45) is 0 Å². The predicted octanol–water partition coefficient (Wildman–Crippen LogP) is 3.05. The lowest BCUT2D eigenvalue weighted by Crippen LogP contribution is -2.34. The van der Waals surface area contributed by atoms with Gasteiger partial charge in [-0.15, -0.1) is 0 Å². The highest BCUT2D eigenvalue weighted by Crippen LogP contribution is 2.16. The molecule has 0 aliphatic carbocycles. The standard InChI is InChI=1S/C23H25NO6/c1-2-24(22(25)17-30-23(26)21-16-27-12-13-28-21)14-18-8-10-20(11-9-18)29-15-19-6-4-3-5-7-19/h3-11,16H,2,12-15,17H2,1H3. The highest BCUT2D eigenvalue weighted by atomic mass is 16.6. The van der Waals surface area contributed by atoms with E-state index in [1.165, 1.54) is 6.26 Å². The molecule has 158 valence electrons. The molecule has 0 fully saturated rings. The summed E-state index contributed by atoms with van der Waals surface area (Å²) in [6.07, 6.45) is 1.20. The van der Waals surface area contributed by atoms with Crippen LogP contribution in [0.5, 0.6) is 5.75 Å². The third kappa shape index (κ3) is 6.27. The number of hydrogen-bond acceptors (Lipinski definition) is 6. The number of nitrogens with zero attached hydrogens (tertiary/aromatic N) is 1. The zero-order valence-corrected chi connectivity index (χ0v) is 16.9. The molecular formula is C23H25NO6. The smallest absolute Gasteiger partial charge is 0.377 e. The van der Waals surface area contributed by atoms with Gasteiger partial charge in [-0.05, 0) is 30.2 Å². The Bertz CT molecular complexity index is 863. The number of amides is 1. The Morgan fingerprint density at radius 2 is 1.77 bits per heavy atom. The van der Waals surface area contributed by atoms with Crippen molar-refractivity contribution < 1.29 is 28.5 Å². The van der Waals surface area contributed by atoms with Gasteiger partial charge in [-0.25, -0.2) is 4.79 Å². The molecule has 2 aromatic carbocycles. The predicted molar refractivity (Wildman–Crippen MR) is 109 cm³/mol. The van der Waals surface area contributed by atoms with Crippen LogP contribution in [-0.4, -0.2) is 43.1 Å². The maximum atomic E-state index is 12.4. The minimum Gasteiger partial charge on any atom is -0.493 e. The first-order valence-corrected chi connectivity index (χ1v) is 9.81. The summed E-state index contributed by atoms with van der Waals surface area (Å²) >= 11 is 0. The number of hydrogen-bond donors (Lipinski definition) is 0. The lowest BCUT2D eigenvalue weighted by Gasteiger charge is -2.21. The van der Waals surface area contributed by atoms with Crippen molar-refractivity contribution in [2.75, 3.05) is 26.4 Å². The van der Waals surface area contributed by atoms with Gasteiger partial charge < -0.3 is 23.8 Å². The number of esters is 1. The molecular weight excluding hydrogens is 386 g/mol. The van der Waals surface area contributed by atoms with Crippen LogP contribution in [0, 0.1) is 0 Å². The number of ether oxygens (including phenoxy) is 4. The van der Waals surface area contributed by atoms with Gasteiger partial charge in [-0.1, -0.05) is 42.5 Å². The third-order valence-corrected chi connectivity index (χ3v) is 4.46. The van der Waals surface area contributed by atoms with Gasteiger partial charge in [-0.3, -0.25) is 4.79 Å². The van der Waals surface area contributed by atoms with Crippen LogP contribution >= 0.6 is 0 Å². The van der Waals surface area contributed by atoms with Crippen LogP contribution in [0.4, 0.5) is 0 Å². The summed E-state index contributed by atoms with van der Waals surface area (Å²) in [6, 6.07) is 17.5. The first kappa shape index (κ1) is 21.2. The molecule has 1 amide bonds. The zero-order valence-electron chi connectivity index (χ0n) is 16.9. The van der Waals surface area contributed by atoms with E-state index in [1.54, 1.807) is 4.90 Å². The second kappa shape index (κ2) is 10.9. The normalized spacial score (nSPS) is 12.8. The van der Waals surface area contributed by atoms with Crippen molar-refractivity contribution in [2.45, 2.75) is 20.1 Å². The molecule has 1 aliphatic heterocycles. The molecule has 30 heavy (non-hydrogen) atoms. The fourth-order valence-corrected chi connectivity index (χ4v) is 2.79. The second-order valence-electron chi connectivity index (χ2n) is 6.60. The lowest BCUT2D eigenvalue weighted by molar-refractivity contribution is -0.152. The Kier molecular flexibility index (Phi) is 7.71. The summed E-state index contributed by atoms with van der Waals surface area (Å²) in [4.78, 5) is 25.9. The fraction of sp³-hybridized carbons (Fsp3) is 0.304. The first-order chi connectivity index (χ1) is 14.7. The maximum absolute atomic E-state index is 12.4. The van der Waals surface area contributed by atoms with Crippen molar-refractivity contribution in [3.63, 3.8) is 0 Å². The summed E-state index contributed by atoms with van der Waals surface area (Å²) < 4.78 is 21.0. The maximum Gasteiger partial charge on any atom is 0.377 e. The Hall–Kier alpha value is -3.48. The number of carbonyl (C=O) groups excluding carboxylic acids is 2. The number of rotatable bonds is 9. The summed E-state index contributed by atoms with van der Waals surface area (Å²) in [5.74, 6) is -0.260. The van der Waals surface area contributed by atoms with Crippen LogP contribution in [-0.2, 0) is 37.0 Å². The molecule has 0 unspecified atom stereocenters. The van der Waals surface area contributed by atoms with Crippen LogP contribution in [0.15, 0.2) is 66.6 Å². The van der Waals surface area contributed by atoms with Crippen LogP contribution in [0.25, 0.3) is 0 Å². The highest BCUT2D eigenvalue weighted by molar-refractivity contribution is 5.88. The Labute approximate surface area is 175 Å². The van der Waals surface area contributed by atoms with Crippen LogP contribution < -0.4 is 4.74 Å². The summed E-state index contributed by atoms with van der Waals surface area (Å²) in [5, 5.41) is 0. The van der Waals surface area contributed by atoms with Crippen molar-refractivity contribution in [1.82, 2.24) is 4.90 Å². The van der Waals surface area contributed by atoms with Crippen LogP contribution in [0.1, 0.15) is 18.1 Å². The molecule has 0 N–H and O–H groups in total. The van der Waals surface area contributed by atoms with Gasteiger partial charge in [0.15, 0.2) is 6.61 Å². The monoisotopic (exact) mass is 411 g/mol. The third-order valence-electron chi connectivity index (χ3n) is 4.46. The van der Waals surface area contributed by atoms with E-state index in [-0.39, 0.29) is 24.9 Å². The number of benzene rings is 2. The van der Waals surface area contributed by atoms with Crippen LogP contribution in [0.3, 0.4) is 0 Å². The van der Waals surface area contributed by atoms with Gasteiger partial charge in [-0.2, -0.15) is 0 Å². The average Bonchev–Trinajstić information content (AvgIpc) is 2.81. The van der Waals surface area contributed by atoms with Gasteiger partial charge in [0.2, 0.25) is 5.76 Å². The molecule has 1 aliphatic rings. The number of likely N-dealkylation sites (N-methyl/N-ethyl adjacent to an activating group) is 1. The van der Waals surface area contributed by atoms with Crippen molar-refractivity contribution in [3.8, 4) is 5.75 Å². The molecule has 3 rings (SSSR count). The second-order valence-corrected chi connectivity index (χ2v) is 6.60. The number of carbonyl (C=O) groups is 2. The van der Waals surface area contributed by atoms with E-state index in [0.717, 1.165) is 16.9 Å². The van der Waals surface area contributed by atoms with E-state index in [0.29, 0.717) is 26.3 Å². The summed E-state index contributed by atoms with van der Waals surface area (Å²) in [5.41, 5.74) is 2.05. The molecule has 1 heterocycles. The fourth-order valence-electron chi connectivity index (χ4n) is 2.79. The molecule has 0 spiro atoms. The lowest BCUT2D eigenvalue weighted by atomic mass is 10.2. The highest BCUT2D eigenvalue weighted by Gasteiger charge is 2.20. The van der Waals surface area contributed by atoms with Gasteiger partial charge in [0, 0.05) is 13.1 Å². The minimum absolute atomic E-state index is 0.0248. The Morgan fingerprint density at radius 3 is 2.43 bits per heavy atom. The first-order valence-electron chi connectivity index (χ1n) is 9.81. The molecule has 0 saturated heterocycles. The molecule has 0 saturated carbocycles. The van der Waals surface area contributed by atoms with E-state index in [1.807, 2.05) is 61.5 Å². The van der Waals surface area contributed by atoms with Gasteiger partial charge in [0.25, 0.3) is 5.91 Å². The van der Waals surface area contributed by atoms with E-state index >= 15 is 0 Å².